The van der Waals surface area contributed by atoms with Crippen LogP contribution in [0.15, 0.2) is 0 Å². The van der Waals surface area contributed by atoms with Gasteiger partial charge < -0.3 is 14.9 Å². The first kappa shape index (κ1) is 23.5. The van der Waals surface area contributed by atoms with Crippen LogP contribution in [0.1, 0.15) is 55.3 Å². The Labute approximate surface area is 186 Å². The molecule has 1 aliphatic rings. The number of benzene rings is 1. The summed E-state index contributed by atoms with van der Waals surface area (Å²) in [5.74, 6) is -3.24. The van der Waals surface area contributed by atoms with E-state index in [0.717, 1.165) is 0 Å². The van der Waals surface area contributed by atoms with Crippen LogP contribution in [-0.2, 0) is 14.4 Å². The summed E-state index contributed by atoms with van der Waals surface area (Å²) in [6.45, 7) is 7.51. The van der Waals surface area contributed by atoms with E-state index in [4.69, 9.17) is 56.0 Å². The molecule has 0 atom stereocenters. The lowest BCUT2D eigenvalue weighted by molar-refractivity contribution is -0.175. The molecule has 0 bridgehead atoms. The van der Waals surface area contributed by atoms with Crippen LogP contribution in [0, 0.1) is 0 Å². The van der Waals surface area contributed by atoms with Gasteiger partial charge in [-0.05, 0) is 34.6 Å². The zero-order valence-corrected chi connectivity index (χ0v) is 18.9. The first-order valence-corrected chi connectivity index (χ1v) is 9.58. The summed E-state index contributed by atoms with van der Waals surface area (Å²) in [6.07, 6.45) is -0.897. The van der Waals surface area contributed by atoms with Gasteiger partial charge in [-0.15, -0.1) is 0 Å². The summed E-state index contributed by atoms with van der Waals surface area (Å²) in [4.78, 5) is 54.5. The number of fused-ring (bicyclic) bond motifs is 1. The van der Waals surface area contributed by atoms with Crippen molar-refractivity contribution in [3.63, 3.8) is 0 Å². The quantitative estimate of drug-likeness (QED) is 0.379. The number of hydrogen-bond acceptors (Lipinski definition) is 6. The minimum absolute atomic E-state index is 0.177. The predicted octanol–water partition coefficient (Wildman–Crippen LogP) is 4.66. The molecule has 1 aromatic rings. The third kappa shape index (κ3) is 4.55. The van der Waals surface area contributed by atoms with Crippen LogP contribution in [-0.4, -0.2) is 40.1 Å². The van der Waals surface area contributed by atoms with Gasteiger partial charge in [0, 0.05) is 0 Å². The summed E-state index contributed by atoms with van der Waals surface area (Å²) >= 11 is 23.9. The molecule has 3 amide bonds. The van der Waals surface area contributed by atoms with Crippen molar-refractivity contribution in [2.24, 2.45) is 0 Å². The Bertz CT molecular complexity index is 892. The van der Waals surface area contributed by atoms with Gasteiger partial charge in [0.25, 0.3) is 11.8 Å². The molecule has 1 aromatic carbocycles. The maximum Gasteiger partial charge on any atom is 0.408 e. The van der Waals surface area contributed by atoms with Gasteiger partial charge in [-0.25, -0.2) is 9.59 Å². The second-order valence-electron chi connectivity index (χ2n) is 7.54. The standard InChI is InChI=1S/C17H16Cl4N2O6/c1-16(2,3)28-15(27)22-17(4,5)14(26)29-23-12(24)6-7(13(23)25)9(19)11(21)10(20)8(6)18/h1-5H3,(H,22,27). The fourth-order valence-electron chi connectivity index (χ4n) is 2.22. The van der Waals surface area contributed by atoms with Crippen LogP contribution in [0.4, 0.5) is 4.79 Å². The molecule has 2 rings (SSSR count). The van der Waals surface area contributed by atoms with Crippen LogP contribution in [0.2, 0.25) is 20.1 Å². The maximum atomic E-state index is 12.6. The maximum absolute atomic E-state index is 12.6. The molecular weight excluding hydrogens is 470 g/mol. The molecule has 0 saturated heterocycles. The summed E-state index contributed by atoms with van der Waals surface area (Å²) in [5.41, 5.74) is -3.15. The molecule has 0 spiro atoms. The molecule has 12 heteroatoms. The molecule has 0 unspecified atom stereocenters. The van der Waals surface area contributed by atoms with Crippen molar-refractivity contribution in [2.75, 3.05) is 0 Å². The molecule has 1 heterocycles. The highest BCUT2D eigenvalue weighted by Crippen LogP contribution is 2.44. The van der Waals surface area contributed by atoms with Gasteiger partial charge in [0.1, 0.15) is 11.1 Å². The zero-order valence-electron chi connectivity index (χ0n) is 15.9. The number of hydrogen-bond donors (Lipinski definition) is 1. The van der Waals surface area contributed by atoms with Gasteiger partial charge in [-0.2, -0.15) is 0 Å². The number of hydroxylamine groups is 2. The van der Waals surface area contributed by atoms with Gasteiger partial charge in [-0.1, -0.05) is 51.5 Å². The largest absolute Gasteiger partial charge is 0.444 e. The van der Waals surface area contributed by atoms with Crippen LogP contribution in [0.25, 0.3) is 0 Å². The Kier molecular flexibility index (Phi) is 6.36. The molecular formula is C17H16Cl4N2O6. The number of ether oxygens (including phenoxy) is 1. The highest BCUT2D eigenvalue weighted by atomic mass is 35.5. The number of alkyl carbamates (subject to hydrolysis) is 1. The van der Waals surface area contributed by atoms with E-state index in [1.165, 1.54) is 13.8 Å². The third-order valence-corrected chi connectivity index (χ3v) is 5.36. The average molecular weight is 486 g/mol. The second-order valence-corrected chi connectivity index (χ2v) is 9.05. The summed E-state index contributed by atoms with van der Waals surface area (Å²) in [7, 11) is 0. The fourth-order valence-corrected chi connectivity index (χ4v) is 3.23. The predicted molar refractivity (Wildman–Crippen MR) is 107 cm³/mol. The smallest absolute Gasteiger partial charge is 0.408 e. The van der Waals surface area contributed by atoms with Crippen molar-refractivity contribution in [1.82, 2.24) is 10.4 Å². The number of nitrogens with zero attached hydrogens (tertiary/aromatic N) is 1. The first-order valence-electron chi connectivity index (χ1n) is 8.06. The third-order valence-electron chi connectivity index (χ3n) is 3.56. The highest BCUT2D eigenvalue weighted by molar-refractivity contribution is 6.55. The van der Waals surface area contributed by atoms with E-state index in [0.29, 0.717) is 0 Å². The van der Waals surface area contributed by atoms with E-state index in [-0.39, 0.29) is 36.3 Å². The lowest BCUT2D eigenvalue weighted by atomic mass is 10.1. The number of imide groups is 1. The topological polar surface area (TPSA) is 102 Å². The molecule has 0 radical (unpaired) electrons. The number of halogens is 4. The van der Waals surface area contributed by atoms with Gasteiger partial charge in [-0.3, -0.25) is 9.59 Å². The van der Waals surface area contributed by atoms with Crippen LogP contribution < -0.4 is 5.32 Å². The van der Waals surface area contributed by atoms with Crippen molar-refractivity contribution in [3.05, 3.63) is 31.2 Å². The number of carbonyl (C=O) groups excluding carboxylic acids is 4. The van der Waals surface area contributed by atoms with Crippen molar-refractivity contribution in [3.8, 4) is 0 Å². The molecule has 0 saturated carbocycles. The average Bonchev–Trinajstić information content (AvgIpc) is 2.80. The minimum atomic E-state index is -1.65. The molecule has 158 valence electrons. The lowest BCUT2D eigenvalue weighted by Gasteiger charge is -2.27. The van der Waals surface area contributed by atoms with E-state index in [9.17, 15) is 19.2 Å². The number of amides is 3. The van der Waals surface area contributed by atoms with Gasteiger partial charge in [0.05, 0.1) is 31.2 Å². The van der Waals surface area contributed by atoms with Crippen molar-refractivity contribution >= 4 is 70.3 Å². The Morgan fingerprint density at radius 3 is 1.62 bits per heavy atom. The van der Waals surface area contributed by atoms with E-state index in [1.54, 1.807) is 20.8 Å². The molecule has 1 N–H and O–H groups in total. The number of carbonyl (C=O) groups is 4. The lowest BCUT2D eigenvalue weighted by Crippen LogP contribution is -2.53. The summed E-state index contributed by atoms with van der Waals surface area (Å²) in [6, 6.07) is 0. The number of rotatable bonds is 3. The Morgan fingerprint density at radius 2 is 1.24 bits per heavy atom. The summed E-state index contributed by atoms with van der Waals surface area (Å²) < 4.78 is 5.07. The van der Waals surface area contributed by atoms with E-state index in [1.807, 2.05) is 0 Å². The zero-order chi connectivity index (χ0) is 22.5. The highest BCUT2D eigenvalue weighted by Gasteiger charge is 2.46. The van der Waals surface area contributed by atoms with Gasteiger partial charge in [0.2, 0.25) is 0 Å². The normalized spacial score (nSPS) is 14.0. The van der Waals surface area contributed by atoms with Crippen LogP contribution in [0.3, 0.4) is 0 Å². The van der Waals surface area contributed by atoms with Gasteiger partial charge >= 0.3 is 12.1 Å². The Balaban J connectivity index is 2.27. The second kappa shape index (κ2) is 7.83. The van der Waals surface area contributed by atoms with Crippen molar-refractivity contribution < 1.29 is 28.8 Å². The summed E-state index contributed by atoms with van der Waals surface area (Å²) in [5, 5.41) is 1.42. The van der Waals surface area contributed by atoms with Gasteiger partial charge in [0.15, 0.2) is 0 Å². The van der Waals surface area contributed by atoms with E-state index >= 15 is 0 Å². The van der Waals surface area contributed by atoms with E-state index < -0.39 is 35.0 Å². The molecule has 1 aliphatic heterocycles. The van der Waals surface area contributed by atoms with Crippen molar-refractivity contribution in [2.45, 2.75) is 45.8 Å². The molecule has 8 nitrogen and oxygen atoms in total. The monoisotopic (exact) mass is 484 g/mol. The van der Waals surface area contributed by atoms with Crippen LogP contribution in [0.5, 0.6) is 0 Å². The van der Waals surface area contributed by atoms with E-state index in [2.05, 4.69) is 5.32 Å². The molecule has 0 aliphatic carbocycles. The first-order chi connectivity index (χ1) is 13.1. The number of nitrogens with one attached hydrogen (secondary N) is 1. The molecule has 29 heavy (non-hydrogen) atoms. The SMILES string of the molecule is CC(C)(C)OC(=O)NC(C)(C)C(=O)ON1C(=O)c2c(Cl)c(Cl)c(Cl)c(Cl)c2C1=O. The Hall–Kier alpha value is -1.74. The van der Waals surface area contributed by atoms with Crippen LogP contribution >= 0.6 is 46.4 Å². The minimum Gasteiger partial charge on any atom is -0.444 e. The fraction of sp³-hybridized carbons (Fsp3) is 0.412. The molecule has 0 fully saturated rings. The molecule has 0 aromatic heterocycles. The Morgan fingerprint density at radius 1 is 0.828 bits per heavy atom. The van der Waals surface area contributed by atoms with Crippen molar-refractivity contribution in [1.29, 1.82) is 0 Å².